The zero-order valence-corrected chi connectivity index (χ0v) is 40.0. The average Bonchev–Trinajstić information content (AvgIpc) is 3.13. The molecule has 0 N–H and O–H groups in total. The van der Waals surface area contributed by atoms with Crippen LogP contribution in [0.5, 0.6) is 5.75 Å². The number of rotatable bonds is 24. The monoisotopic (exact) mass is 823 g/mol. The molecule has 2 rings (SSSR count). The van der Waals surface area contributed by atoms with E-state index in [-0.39, 0.29) is 83.2 Å². The van der Waals surface area contributed by atoms with Crippen LogP contribution in [0.4, 0.5) is 0 Å². The largest absolute Gasteiger partial charge is 0.497 e. The van der Waals surface area contributed by atoms with Crippen LogP contribution in [0.25, 0.3) is 0 Å². The second kappa shape index (κ2) is 22.7. The van der Waals surface area contributed by atoms with Gasteiger partial charge in [0.25, 0.3) is 0 Å². The van der Waals surface area contributed by atoms with E-state index < -0.39 is 13.7 Å². The molecule has 10 nitrogen and oxygen atoms in total. The summed E-state index contributed by atoms with van der Waals surface area (Å²) >= 11 is 0. The minimum absolute atomic E-state index is 0.00146. The summed E-state index contributed by atoms with van der Waals surface area (Å²) < 4.78 is 49.1. The van der Waals surface area contributed by atoms with Gasteiger partial charge in [-0.05, 0) is 81.3 Å². The van der Waals surface area contributed by atoms with Crippen molar-refractivity contribution in [3.8, 4) is 5.75 Å². The molecule has 0 amide bonds. The first kappa shape index (κ1) is 51.3. The highest BCUT2D eigenvalue weighted by Crippen LogP contribution is 2.40. The molecule has 1 heterocycles. The van der Waals surface area contributed by atoms with Crippen molar-refractivity contribution in [1.29, 1.82) is 0 Å². The minimum atomic E-state index is -2.20. The maximum Gasteiger partial charge on any atom is 0.311 e. The number of carbonyl (C=O) groups excluding carboxylic acids is 2. The molecule has 1 saturated heterocycles. The standard InChI is InChI=1S/C46H82O10Si/c1-31(39(51-15)27-40(56-57(16,17)45(8,9)10)34(4)38(50-14)24-25-52-43(48)44(5,6)7)18-23-37(47)33(3)42(53-28-35-19-21-36(49-13)22-20-35)32(2)26-41-54-29-46(11,12)30-55-41/h19-22,31-34,38-42H,18,23-30H2,1-17H3/t31-,32+,33-,34-,38+,39+,40+,42+/m0/s1. The molecule has 1 aliphatic rings. The van der Waals surface area contributed by atoms with E-state index in [9.17, 15) is 9.59 Å². The molecule has 0 unspecified atom stereocenters. The average molecular weight is 823 g/mol. The molecule has 1 aliphatic heterocycles. The maximum absolute atomic E-state index is 14.1. The number of ether oxygens (including phenoxy) is 7. The number of Topliss-reactive ketones (excluding diaryl/α,β-unsaturated/α-hetero) is 1. The third-order valence-corrected chi connectivity index (χ3v) is 16.8. The van der Waals surface area contributed by atoms with Gasteiger partial charge in [0.05, 0.1) is 63.4 Å². The van der Waals surface area contributed by atoms with E-state index in [0.717, 1.165) is 11.3 Å². The van der Waals surface area contributed by atoms with Gasteiger partial charge >= 0.3 is 5.97 Å². The van der Waals surface area contributed by atoms with Gasteiger partial charge < -0.3 is 37.6 Å². The lowest BCUT2D eigenvalue weighted by molar-refractivity contribution is -0.231. The van der Waals surface area contributed by atoms with Crippen LogP contribution in [0.1, 0.15) is 121 Å². The summed E-state index contributed by atoms with van der Waals surface area (Å²) in [5.41, 5.74) is 0.428. The predicted octanol–water partition coefficient (Wildman–Crippen LogP) is 10.1. The lowest BCUT2D eigenvalue weighted by atomic mass is 9.83. The Balaban J connectivity index is 2.20. The first-order valence-corrected chi connectivity index (χ1v) is 24.2. The van der Waals surface area contributed by atoms with Crippen molar-refractivity contribution in [1.82, 2.24) is 0 Å². The van der Waals surface area contributed by atoms with Gasteiger partial charge in [-0.2, -0.15) is 0 Å². The number of methoxy groups -OCH3 is 3. The van der Waals surface area contributed by atoms with Gasteiger partial charge in [-0.25, -0.2) is 0 Å². The fourth-order valence-electron chi connectivity index (χ4n) is 7.02. The van der Waals surface area contributed by atoms with E-state index in [1.165, 1.54) is 0 Å². The van der Waals surface area contributed by atoms with Crippen molar-refractivity contribution < 1.29 is 47.2 Å². The smallest absolute Gasteiger partial charge is 0.311 e. The number of ketones is 1. The summed E-state index contributed by atoms with van der Waals surface area (Å²) in [6.07, 6.45) is 1.78. The van der Waals surface area contributed by atoms with Gasteiger partial charge in [0.15, 0.2) is 14.6 Å². The Bertz CT molecular complexity index is 1320. The van der Waals surface area contributed by atoms with E-state index in [0.29, 0.717) is 51.9 Å². The normalized spacial score (nSPS) is 19.8. The van der Waals surface area contributed by atoms with Crippen LogP contribution in [-0.4, -0.2) is 91.9 Å². The molecule has 0 spiro atoms. The van der Waals surface area contributed by atoms with Gasteiger partial charge in [-0.1, -0.05) is 74.4 Å². The van der Waals surface area contributed by atoms with Gasteiger partial charge in [0.1, 0.15) is 11.5 Å². The van der Waals surface area contributed by atoms with Crippen molar-refractivity contribution in [3.63, 3.8) is 0 Å². The molecular weight excluding hydrogens is 741 g/mol. The van der Waals surface area contributed by atoms with Crippen molar-refractivity contribution in [2.75, 3.05) is 41.2 Å². The molecule has 0 saturated carbocycles. The van der Waals surface area contributed by atoms with Gasteiger partial charge in [0.2, 0.25) is 0 Å². The van der Waals surface area contributed by atoms with Crippen LogP contribution in [-0.2, 0) is 49.0 Å². The first-order valence-electron chi connectivity index (χ1n) is 21.3. The van der Waals surface area contributed by atoms with Crippen LogP contribution in [0.3, 0.4) is 0 Å². The zero-order chi connectivity index (χ0) is 43.4. The Hall–Kier alpha value is -1.86. The summed E-state index contributed by atoms with van der Waals surface area (Å²) in [6.45, 7) is 31.5. The fraction of sp³-hybridized carbons (Fsp3) is 0.826. The number of hydrogen-bond donors (Lipinski definition) is 0. The summed E-state index contributed by atoms with van der Waals surface area (Å²) in [5.74, 6) is 0.487. The van der Waals surface area contributed by atoms with Crippen LogP contribution >= 0.6 is 0 Å². The Kier molecular flexibility index (Phi) is 20.4. The van der Waals surface area contributed by atoms with Crippen LogP contribution in [0, 0.1) is 34.5 Å². The molecule has 0 aromatic heterocycles. The molecule has 0 bridgehead atoms. The SMILES string of the molecule is COc1ccc(CO[C@H]([C@H](C)CC2OCC(C)(C)CO2)[C@@H](C)C(=O)CC[C@H](C)[C@@H](C[C@@H](O[Si](C)(C)C(C)(C)C)[C@@H](C)[C@@H](CCOC(=O)C(C)(C)C)OC)OC)cc1. The lowest BCUT2D eigenvalue weighted by Gasteiger charge is -2.43. The van der Waals surface area contributed by atoms with Gasteiger partial charge in [0, 0.05) is 50.7 Å². The Morgan fingerprint density at radius 3 is 1.93 bits per heavy atom. The first-order chi connectivity index (χ1) is 26.3. The van der Waals surface area contributed by atoms with E-state index in [2.05, 4.69) is 68.5 Å². The van der Waals surface area contributed by atoms with Gasteiger partial charge in [-0.15, -0.1) is 0 Å². The predicted molar refractivity (Wildman–Crippen MR) is 230 cm³/mol. The third-order valence-electron chi connectivity index (χ3n) is 12.3. The maximum atomic E-state index is 14.1. The number of esters is 1. The molecule has 8 atom stereocenters. The van der Waals surface area contributed by atoms with Crippen LogP contribution < -0.4 is 4.74 Å². The Morgan fingerprint density at radius 2 is 1.42 bits per heavy atom. The molecule has 1 aromatic carbocycles. The van der Waals surface area contributed by atoms with Crippen molar-refractivity contribution in [2.24, 2.45) is 34.5 Å². The second-order valence-corrected chi connectivity index (χ2v) is 24.8. The minimum Gasteiger partial charge on any atom is -0.497 e. The molecule has 0 radical (unpaired) electrons. The lowest BCUT2D eigenvalue weighted by Crippen LogP contribution is -2.49. The molecule has 0 aliphatic carbocycles. The molecule has 330 valence electrons. The van der Waals surface area contributed by atoms with Crippen molar-refractivity contribution in [2.45, 2.75) is 171 Å². The molecule has 1 aromatic rings. The number of hydrogen-bond acceptors (Lipinski definition) is 10. The number of carbonyl (C=O) groups is 2. The Labute approximate surface area is 348 Å². The summed E-state index contributed by atoms with van der Waals surface area (Å²) in [4.78, 5) is 26.6. The zero-order valence-electron chi connectivity index (χ0n) is 39.0. The Morgan fingerprint density at radius 1 is 0.842 bits per heavy atom. The topological polar surface area (TPSA) is 108 Å². The second-order valence-electron chi connectivity index (χ2n) is 20.1. The van der Waals surface area contributed by atoms with Crippen molar-refractivity contribution >= 4 is 20.1 Å². The summed E-state index contributed by atoms with van der Waals surface area (Å²) in [5, 5.41) is 0.00146. The molecule has 57 heavy (non-hydrogen) atoms. The number of benzene rings is 1. The van der Waals surface area contributed by atoms with E-state index in [4.69, 9.17) is 37.6 Å². The van der Waals surface area contributed by atoms with Crippen LogP contribution in [0.2, 0.25) is 18.1 Å². The summed E-state index contributed by atoms with van der Waals surface area (Å²) in [7, 11) is 2.91. The highest BCUT2D eigenvalue weighted by molar-refractivity contribution is 6.74. The highest BCUT2D eigenvalue weighted by atomic mass is 28.4. The van der Waals surface area contributed by atoms with Crippen LogP contribution in [0.15, 0.2) is 24.3 Å². The highest BCUT2D eigenvalue weighted by Gasteiger charge is 2.43. The van der Waals surface area contributed by atoms with E-state index in [1.54, 1.807) is 21.3 Å². The fourth-order valence-corrected chi connectivity index (χ4v) is 8.44. The molecular formula is C46H82O10Si. The quantitative estimate of drug-likeness (QED) is 0.0739. The van der Waals surface area contributed by atoms with E-state index >= 15 is 0 Å². The van der Waals surface area contributed by atoms with E-state index in [1.807, 2.05) is 52.0 Å². The molecule has 1 fully saturated rings. The summed E-state index contributed by atoms with van der Waals surface area (Å²) in [6, 6.07) is 7.84. The molecule has 11 heteroatoms. The third kappa shape index (κ3) is 16.6. The van der Waals surface area contributed by atoms with Gasteiger partial charge in [-0.3, -0.25) is 9.59 Å². The van der Waals surface area contributed by atoms with Crippen molar-refractivity contribution in [3.05, 3.63) is 29.8 Å².